The zero-order valence-electron chi connectivity index (χ0n) is 7.30. The first-order valence-corrected chi connectivity index (χ1v) is 5.58. The van der Waals surface area contributed by atoms with Gasteiger partial charge in [0.25, 0.3) is 0 Å². The van der Waals surface area contributed by atoms with Gasteiger partial charge >= 0.3 is 78.5 Å². The Labute approximate surface area is 78.7 Å². The van der Waals surface area contributed by atoms with Crippen LogP contribution in [0.25, 0.3) is 0 Å². The van der Waals surface area contributed by atoms with E-state index >= 15 is 0 Å². The Balaban J connectivity index is 2.78. The molecule has 0 bridgehead atoms. The molecular formula is C10H13Zn. The van der Waals surface area contributed by atoms with Crippen molar-refractivity contribution in [2.75, 3.05) is 0 Å². The summed E-state index contributed by atoms with van der Waals surface area (Å²) in [6.45, 7) is 4.54. The number of hydrogen-bond acceptors (Lipinski definition) is 0. The molecular weight excluding hydrogens is 185 g/mol. The third kappa shape index (κ3) is 2.75. The second-order valence-electron chi connectivity index (χ2n) is 3.37. The van der Waals surface area contributed by atoms with Crippen molar-refractivity contribution in [3.8, 4) is 0 Å². The molecule has 0 aliphatic carbocycles. The van der Waals surface area contributed by atoms with Crippen LogP contribution in [0.5, 0.6) is 0 Å². The topological polar surface area (TPSA) is 0 Å². The van der Waals surface area contributed by atoms with Gasteiger partial charge in [-0.25, -0.2) is 0 Å². The maximum atomic E-state index is 2.27. The minimum absolute atomic E-state index is 0.780. The van der Waals surface area contributed by atoms with Crippen molar-refractivity contribution in [1.82, 2.24) is 0 Å². The summed E-state index contributed by atoms with van der Waals surface area (Å²) in [6.07, 6.45) is 1.23. The zero-order chi connectivity index (χ0) is 8.27. The van der Waals surface area contributed by atoms with E-state index in [1.165, 1.54) is 24.7 Å². The van der Waals surface area contributed by atoms with E-state index in [0.29, 0.717) is 0 Å². The molecule has 0 saturated heterocycles. The summed E-state index contributed by atoms with van der Waals surface area (Å²) < 4.78 is 1.54. The van der Waals surface area contributed by atoms with Gasteiger partial charge in [-0.05, 0) is 0 Å². The van der Waals surface area contributed by atoms with Crippen LogP contribution < -0.4 is 4.16 Å². The molecule has 0 aromatic heterocycles. The summed E-state index contributed by atoms with van der Waals surface area (Å²) in [4.78, 5) is 0. The number of benzene rings is 1. The van der Waals surface area contributed by atoms with Gasteiger partial charge in [0.2, 0.25) is 0 Å². The van der Waals surface area contributed by atoms with Gasteiger partial charge in [0.15, 0.2) is 0 Å². The predicted octanol–water partition coefficient (Wildman–Crippen LogP) is 2.06. The van der Waals surface area contributed by atoms with E-state index in [4.69, 9.17) is 0 Å². The van der Waals surface area contributed by atoms with Gasteiger partial charge in [0.1, 0.15) is 0 Å². The monoisotopic (exact) mass is 197 g/mol. The van der Waals surface area contributed by atoms with E-state index in [-0.39, 0.29) is 0 Å². The normalized spacial score (nSPS) is 10.6. The van der Waals surface area contributed by atoms with Crippen molar-refractivity contribution < 1.29 is 18.3 Å². The predicted molar refractivity (Wildman–Crippen MR) is 44.6 cm³/mol. The molecule has 0 atom stereocenters. The molecule has 1 rings (SSSR count). The molecule has 0 spiro atoms. The quantitative estimate of drug-likeness (QED) is 0.639. The first kappa shape index (κ1) is 8.94. The third-order valence-corrected chi connectivity index (χ3v) is 3.19. The molecule has 55 valence electrons. The molecule has 0 fully saturated rings. The summed E-state index contributed by atoms with van der Waals surface area (Å²) >= 11 is 1.28. The van der Waals surface area contributed by atoms with E-state index < -0.39 is 0 Å². The molecule has 0 aliphatic heterocycles. The average Bonchev–Trinajstić information content (AvgIpc) is 1.93. The first-order valence-electron chi connectivity index (χ1n) is 4.10. The minimum atomic E-state index is 0.780. The molecule has 0 radical (unpaired) electrons. The van der Waals surface area contributed by atoms with Gasteiger partial charge in [-0.1, -0.05) is 0 Å². The summed E-state index contributed by atoms with van der Waals surface area (Å²) in [6, 6.07) is 8.75. The van der Waals surface area contributed by atoms with Gasteiger partial charge in [0.05, 0.1) is 0 Å². The van der Waals surface area contributed by atoms with Crippen LogP contribution in [-0.2, 0) is 24.7 Å². The van der Waals surface area contributed by atoms with Crippen molar-refractivity contribution in [3.63, 3.8) is 0 Å². The summed E-state index contributed by atoms with van der Waals surface area (Å²) in [5, 5.41) is 0. The van der Waals surface area contributed by atoms with Crippen molar-refractivity contribution in [3.05, 3.63) is 29.8 Å². The number of hydrogen-bond donors (Lipinski definition) is 0. The fourth-order valence-electron chi connectivity index (χ4n) is 1.20. The fourth-order valence-corrected chi connectivity index (χ4v) is 2.03. The van der Waals surface area contributed by atoms with Gasteiger partial charge in [-0.15, -0.1) is 0 Å². The third-order valence-electron chi connectivity index (χ3n) is 1.75. The Bertz CT molecular complexity index is 228. The second kappa shape index (κ2) is 4.02. The van der Waals surface area contributed by atoms with Crippen molar-refractivity contribution in [2.45, 2.75) is 20.3 Å². The first-order chi connectivity index (χ1) is 5.20. The van der Waals surface area contributed by atoms with Crippen molar-refractivity contribution >= 4 is 4.16 Å². The Morgan fingerprint density at radius 2 is 1.91 bits per heavy atom. The molecule has 0 saturated carbocycles. The SMILES string of the molecule is CC(C)Cc1cccc[c]1[Zn]. The van der Waals surface area contributed by atoms with E-state index in [9.17, 15) is 0 Å². The number of rotatable bonds is 2. The standard InChI is InChI=1S/C10H13.Zn/c1-9(2)8-10-6-4-3-5-7-10;/h3-6,9H,8H2,1-2H3;. The Morgan fingerprint density at radius 1 is 1.27 bits per heavy atom. The van der Waals surface area contributed by atoms with Gasteiger partial charge < -0.3 is 0 Å². The molecule has 1 heteroatoms. The molecule has 0 nitrogen and oxygen atoms in total. The summed E-state index contributed by atoms with van der Waals surface area (Å²) in [7, 11) is 0. The van der Waals surface area contributed by atoms with Crippen molar-refractivity contribution in [2.24, 2.45) is 5.92 Å². The van der Waals surface area contributed by atoms with Gasteiger partial charge in [-0.3, -0.25) is 0 Å². The molecule has 0 N–H and O–H groups in total. The van der Waals surface area contributed by atoms with Gasteiger partial charge in [0, 0.05) is 0 Å². The van der Waals surface area contributed by atoms with Crippen LogP contribution in [-0.4, -0.2) is 0 Å². The second-order valence-corrected chi connectivity index (χ2v) is 4.96. The zero-order valence-corrected chi connectivity index (χ0v) is 10.3. The molecule has 0 unspecified atom stereocenters. The van der Waals surface area contributed by atoms with Crippen LogP contribution in [0.1, 0.15) is 19.4 Å². The molecule has 11 heavy (non-hydrogen) atoms. The van der Waals surface area contributed by atoms with Gasteiger partial charge in [-0.2, -0.15) is 0 Å². The average molecular weight is 199 g/mol. The molecule has 1 aromatic rings. The van der Waals surface area contributed by atoms with Crippen molar-refractivity contribution in [1.29, 1.82) is 0 Å². The van der Waals surface area contributed by atoms with E-state index in [0.717, 1.165) is 5.92 Å². The molecule has 1 aromatic carbocycles. The van der Waals surface area contributed by atoms with E-state index in [1.54, 1.807) is 9.72 Å². The fraction of sp³-hybridized carbons (Fsp3) is 0.400. The van der Waals surface area contributed by atoms with Crippen LogP contribution >= 0.6 is 0 Å². The molecule has 0 amide bonds. The van der Waals surface area contributed by atoms with Crippen LogP contribution in [0.2, 0.25) is 0 Å². The maximum absolute atomic E-state index is 2.27. The summed E-state index contributed by atoms with van der Waals surface area (Å²) in [5.41, 5.74) is 1.54. The summed E-state index contributed by atoms with van der Waals surface area (Å²) in [5.74, 6) is 0.780. The van der Waals surface area contributed by atoms with Crippen LogP contribution in [0.4, 0.5) is 0 Å². The van der Waals surface area contributed by atoms with Crippen LogP contribution in [0.15, 0.2) is 24.3 Å². The Kier molecular flexibility index (Phi) is 3.26. The Hall–Kier alpha value is -0.157. The van der Waals surface area contributed by atoms with E-state index in [1.807, 2.05) is 0 Å². The Morgan fingerprint density at radius 3 is 2.45 bits per heavy atom. The van der Waals surface area contributed by atoms with E-state index in [2.05, 4.69) is 38.1 Å². The van der Waals surface area contributed by atoms with Crippen LogP contribution in [0.3, 0.4) is 0 Å². The molecule has 0 aliphatic rings. The van der Waals surface area contributed by atoms with Crippen LogP contribution in [0, 0.1) is 5.92 Å². The molecule has 0 heterocycles.